The van der Waals surface area contributed by atoms with E-state index in [1.807, 2.05) is 6.07 Å². The van der Waals surface area contributed by atoms with E-state index in [0.717, 1.165) is 6.42 Å². The summed E-state index contributed by atoms with van der Waals surface area (Å²) in [7, 11) is 0. The topological polar surface area (TPSA) is 69.0 Å². The molecule has 116 valence electrons. The second-order valence-corrected chi connectivity index (χ2v) is 5.37. The molecule has 1 aliphatic heterocycles. The van der Waals surface area contributed by atoms with Crippen LogP contribution in [-0.2, 0) is 0 Å². The van der Waals surface area contributed by atoms with Crippen molar-refractivity contribution in [1.29, 1.82) is 5.26 Å². The molecule has 6 heteroatoms. The number of carbonyl (C=O) groups excluding carboxylic acids is 1. The molecule has 1 amide bonds. The Morgan fingerprint density at radius 3 is 2.96 bits per heavy atom. The number of aromatic nitrogens is 1. The van der Waals surface area contributed by atoms with Crippen LogP contribution in [0.15, 0.2) is 42.6 Å². The molecule has 0 radical (unpaired) electrons. The van der Waals surface area contributed by atoms with Crippen molar-refractivity contribution in [3.05, 3.63) is 59.7 Å². The summed E-state index contributed by atoms with van der Waals surface area (Å²) in [4.78, 5) is 18.1. The van der Waals surface area contributed by atoms with Gasteiger partial charge >= 0.3 is 0 Å². The Balaban J connectivity index is 1.68. The molecule has 1 unspecified atom stereocenters. The third kappa shape index (κ3) is 3.14. The molecule has 0 saturated carbocycles. The smallest absolute Gasteiger partial charge is 0.272 e. The van der Waals surface area contributed by atoms with E-state index in [9.17, 15) is 9.18 Å². The molecule has 1 aromatic carbocycles. The number of rotatable bonds is 3. The van der Waals surface area contributed by atoms with E-state index < -0.39 is 5.82 Å². The molecule has 2 heterocycles. The number of carbonyl (C=O) groups is 1. The highest BCUT2D eigenvalue weighted by Crippen LogP contribution is 2.22. The highest BCUT2D eigenvalue weighted by molar-refractivity contribution is 5.92. The van der Waals surface area contributed by atoms with E-state index >= 15 is 0 Å². The first kappa shape index (κ1) is 15.0. The molecule has 0 bridgehead atoms. The zero-order chi connectivity index (χ0) is 16.2. The summed E-state index contributed by atoms with van der Waals surface area (Å²) in [6.45, 7) is 1.10. The molecular formula is C17H15FN4O. The minimum Gasteiger partial charge on any atom is -0.379 e. The second kappa shape index (κ2) is 6.44. The van der Waals surface area contributed by atoms with E-state index in [1.54, 1.807) is 41.4 Å². The first-order chi connectivity index (χ1) is 11.2. The van der Waals surface area contributed by atoms with Gasteiger partial charge in [0.05, 0.1) is 5.69 Å². The molecule has 3 rings (SSSR count). The summed E-state index contributed by atoms with van der Waals surface area (Å²) < 4.78 is 13.6. The van der Waals surface area contributed by atoms with Crippen LogP contribution in [0.1, 0.15) is 22.5 Å². The lowest BCUT2D eigenvalue weighted by Crippen LogP contribution is -2.32. The predicted octanol–water partition coefficient (Wildman–Crippen LogP) is 2.42. The Labute approximate surface area is 133 Å². The number of nitriles is 1. The van der Waals surface area contributed by atoms with Crippen LogP contribution >= 0.6 is 0 Å². The zero-order valence-electron chi connectivity index (χ0n) is 12.4. The molecule has 1 fully saturated rings. The second-order valence-electron chi connectivity index (χ2n) is 5.37. The Bertz CT molecular complexity index is 757. The summed E-state index contributed by atoms with van der Waals surface area (Å²) in [5.41, 5.74) is 0.878. The van der Waals surface area contributed by atoms with Crippen LogP contribution in [-0.4, -0.2) is 34.9 Å². The number of hydrogen-bond acceptors (Lipinski definition) is 4. The number of nitrogens with one attached hydrogen (secondary N) is 1. The standard InChI is InChI=1S/C17H15FN4O/c18-14-4-3-6-15(13(14)10-19)21-12-7-9-22(11-12)17(23)16-5-1-2-8-20-16/h1-6,8,12,21H,7,9,11H2. The number of hydrogen-bond donors (Lipinski definition) is 1. The molecular weight excluding hydrogens is 295 g/mol. The lowest BCUT2D eigenvalue weighted by Gasteiger charge is -2.18. The Hall–Kier alpha value is -2.94. The third-order valence-corrected chi connectivity index (χ3v) is 3.84. The molecule has 0 aliphatic carbocycles. The molecule has 2 aromatic rings. The summed E-state index contributed by atoms with van der Waals surface area (Å²) in [5.74, 6) is -0.661. The molecule has 1 aromatic heterocycles. The summed E-state index contributed by atoms with van der Waals surface area (Å²) in [6.07, 6.45) is 2.32. The zero-order valence-corrected chi connectivity index (χ0v) is 12.4. The van der Waals surface area contributed by atoms with Crippen molar-refractivity contribution in [3.63, 3.8) is 0 Å². The van der Waals surface area contributed by atoms with Gasteiger partial charge < -0.3 is 10.2 Å². The number of amides is 1. The highest BCUT2D eigenvalue weighted by atomic mass is 19.1. The fourth-order valence-electron chi connectivity index (χ4n) is 2.69. The molecule has 1 N–H and O–H groups in total. The van der Waals surface area contributed by atoms with Gasteiger partial charge in [0.1, 0.15) is 23.1 Å². The first-order valence-corrected chi connectivity index (χ1v) is 7.34. The van der Waals surface area contributed by atoms with Gasteiger partial charge in [-0.1, -0.05) is 12.1 Å². The van der Waals surface area contributed by atoms with E-state index in [0.29, 0.717) is 24.5 Å². The van der Waals surface area contributed by atoms with Gasteiger partial charge in [-0.05, 0) is 30.7 Å². The fraction of sp³-hybridized carbons (Fsp3) is 0.235. The molecule has 0 spiro atoms. The highest BCUT2D eigenvalue weighted by Gasteiger charge is 2.28. The minimum absolute atomic E-state index is 0.00185. The van der Waals surface area contributed by atoms with Crippen LogP contribution in [0, 0.1) is 17.1 Å². The maximum atomic E-state index is 13.6. The first-order valence-electron chi connectivity index (χ1n) is 7.34. The summed E-state index contributed by atoms with van der Waals surface area (Å²) in [6, 6.07) is 11.6. The van der Waals surface area contributed by atoms with E-state index in [4.69, 9.17) is 5.26 Å². The number of nitrogens with zero attached hydrogens (tertiary/aromatic N) is 3. The van der Waals surface area contributed by atoms with Gasteiger partial charge in [0.2, 0.25) is 0 Å². The quantitative estimate of drug-likeness (QED) is 0.945. The lowest BCUT2D eigenvalue weighted by atomic mass is 10.1. The van der Waals surface area contributed by atoms with Crippen LogP contribution in [0.3, 0.4) is 0 Å². The molecule has 1 atom stereocenters. The number of benzene rings is 1. The van der Waals surface area contributed by atoms with Crippen molar-refractivity contribution < 1.29 is 9.18 Å². The molecule has 23 heavy (non-hydrogen) atoms. The number of halogens is 1. The summed E-state index contributed by atoms with van der Waals surface area (Å²) >= 11 is 0. The maximum absolute atomic E-state index is 13.6. The average Bonchev–Trinajstić information content (AvgIpc) is 3.04. The van der Waals surface area contributed by atoms with Gasteiger partial charge in [0.25, 0.3) is 5.91 Å². The number of anilines is 1. The van der Waals surface area contributed by atoms with Gasteiger partial charge in [-0.3, -0.25) is 9.78 Å². The van der Waals surface area contributed by atoms with E-state index in [2.05, 4.69) is 10.3 Å². The van der Waals surface area contributed by atoms with Crippen molar-refractivity contribution in [2.45, 2.75) is 12.5 Å². The number of pyridine rings is 1. The van der Waals surface area contributed by atoms with Gasteiger partial charge in [0.15, 0.2) is 0 Å². The van der Waals surface area contributed by atoms with Crippen molar-refractivity contribution in [1.82, 2.24) is 9.88 Å². The number of likely N-dealkylation sites (tertiary alicyclic amines) is 1. The van der Waals surface area contributed by atoms with Gasteiger partial charge in [-0.15, -0.1) is 0 Å². The van der Waals surface area contributed by atoms with Crippen molar-refractivity contribution >= 4 is 11.6 Å². The van der Waals surface area contributed by atoms with Crippen LogP contribution in [0.4, 0.5) is 10.1 Å². The molecule has 1 saturated heterocycles. The maximum Gasteiger partial charge on any atom is 0.272 e. The van der Waals surface area contributed by atoms with Crippen molar-refractivity contribution in [2.24, 2.45) is 0 Å². The van der Waals surface area contributed by atoms with Crippen molar-refractivity contribution in [2.75, 3.05) is 18.4 Å². The van der Waals surface area contributed by atoms with Crippen LogP contribution in [0.5, 0.6) is 0 Å². The van der Waals surface area contributed by atoms with E-state index in [-0.39, 0.29) is 17.5 Å². The van der Waals surface area contributed by atoms with Gasteiger partial charge in [-0.2, -0.15) is 5.26 Å². The monoisotopic (exact) mass is 310 g/mol. The lowest BCUT2D eigenvalue weighted by molar-refractivity contribution is 0.0786. The SMILES string of the molecule is N#Cc1c(F)cccc1NC1CCN(C(=O)c2ccccn2)C1. The fourth-order valence-corrected chi connectivity index (χ4v) is 2.69. The molecule has 1 aliphatic rings. The van der Waals surface area contributed by atoms with Crippen molar-refractivity contribution in [3.8, 4) is 6.07 Å². The average molecular weight is 310 g/mol. The summed E-state index contributed by atoms with van der Waals surface area (Å²) in [5, 5.41) is 12.2. The van der Waals surface area contributed by atoms with Gasteiger partial charge in [0, 0.05) is 25.3 Å². The normalized spacial score (nSPS) is 16.9. The third-order valence-electron chi connectivity index (χ3n) is 3.84. The molecule has 5 nitrogen and oxygen atoms in total. The Morgan fingerprint density at radius 1 is 1.35 bits per heavy atom. The van der Waals surface area contributed by atoms with E-state index in [1.165, 1.54) is 6.07 Å². The largest absolute Gasteiger partial charge is 0.379 e. The minimum atomic E-state index is -0.545. The van der Waals surface area contributed by atoms with Gasteiger partial charge in [-0.25, -0.2) is 4.39 Å². The van der Waals surface area contributed by atoms with Crippen LogP contribution in [0.2, 0.25) is 0 Å². The Kier molecular flexibility index (Phi) is 4.20. The van der Waals surface area contributed by atoms with Crippen LogP contribution < -0.4 is 5.32 Å². The predicted molar refractivity (Wildman–Crippen MR) is 83.3 cm³/mol. The van der Waals surface area contributed by atoms with Crippen LogP contribution in [0.25, 0.3) is 0 Å². The Morgan fingerprint density at radius 2 is 2.22 bits per heavy atom.